The molecule has 0 bridgehead atoms. The Labute approximate surface area is 159 Å². The zero-order valence-electron chi connectivity index (χ0n) is 16.0. The molecule has 6 nitrogen and oxygen atoms in total. The number of anilines is 1. The summed E-state index contributed by atoms with van der Waals surface area (Å²) >= 11 is 0. The molecule has 0 unspecified atom stereocenters. The van der Waals surface area contributed by atoms with Crippen LogP contribution in [-0.4, -0.2) is 30.2 Å². The van der Waals surface area contributed by atoms with Crippen LogP contribution in [0.1, 0.15) is 49.9 Å². The molecule has 3 rings (SSSR count). The summed E-state index contributed by atoms with van der Waals surface area (Å²) in [4.78, 5) is 16.7. The summed E-state index contributed by atoms with van der Waals surface area (Å²) in [7, 11) is 1.61. The summed E-state index contributed by atoms with van der Waals surface area (Å²) in [5, 5.41) is 2.88. The number of ether oxygens (including phenoxy) is 3. The molecule has 1 saturated carbocycles. The molecule has 1 aliphatic rings. The number of hydrogen-bond donors (Lipinski definition) is 1. The molecule has 0 spiro atoms. The van der Waals surface area contributed by atoms with Crippen LogP contribution in [0.15, 0.2) is 36.5 Å². The summed E-state index contributed by atoms with van der Waals surface area (Å²) in [6, 6.07) is 8.79. The van der Waals surface area contributed by atoms with Gasteiger partial charge in [-0.25, -0.2) is 4.98 Å². The van der Waals surface area contributed by atoms with Crippen molar-refractivity contribution < 1.29 is 19.0 Å². The van der Waals surface area contributed by atoms with Crippen molar-refractivity contribution >= 4 is 11.6 Å². The molecule has 1 fully saturated rings. The van der Waals surface area contributed by atoms with Crippen LogP contribution >= 0.6 is 0 Å². The Morgan fingerprint density at radius 3 is 2.56 bits per heavy atom. The lowest BCUT2D eigenvalue weighted by Gasteiger charge is -2.17. The number of carbonyl (C=O) groups excluding carboxylic acids is 1. The minimum atomic E-state index is -0.240. The third kappa shape index (κ3) is 5.12. The Kier molecular flexibility index (Phi) is 6.16. The van der Waals surface area contributed by atoms with Gasteiger partial charge >= 0.3 is 0 Å². The van der Waals surface area contributed by atoms with Crippen molar-refractivity contribution in [2.75, 3.05) is 12.4 Å². The van der Waals surface area contributed by atoms with E-state index in [9.17, 15) is 4.79 Å². The summed E-state index contributed by atoms with van der Waals surface area (Å²) in [6.07, 6.45) is 6.23. The molecule has 1 amide bonds. The summed E-state index contributed by atoms with van der Waals surface area (Å²) in [6.45, 7) is 3.86. The van der Waals surface area contributed by atoms with Crippen molar-refractivity contribution in [1.29, 1.82) is 0 Å². The molecule has 1 aromatic carbocycles. The Bertz CT molecular complexity index is 768. The minimum absolute atomic E-state index is 0.0368. The topological polar surface area (TPSA) is 69.7 Å². The Morgan fingerprint density at radius 1 is 1.15 bits per heavy atom. The number of nitrogens with one attached hydrogen (secondary N) is 1. The van der Waals surface area contributed by atoms with Crippen molar-refractivity contribution in [1.82, 2.24) is 4.98 Å². The van der Waals surface area contributed by atoms with E-state index in [0.29, 0.717) is 28.6 Å². The second-order valence-corrected chi connectivity index (χ2v) is 6.90. The molecule has 0 aliphatic heterocycles. The quantitative estimate of drug-likeness (QED) is 0.780. The summed E-state index contributed by atoms with van der Waals surface area (Å²) < 4.78 is 17.0. The fourth-order valence-electron chi connectivity index (χ4n) is 3.06. The fourth-order valence-corrected chi connectivity index (χ4v) is 3.06. The molecule has 144 valence electrons. The van der Waals surface area contributed by atoms with E-state index in [1.54, 1.807) is 37.4 Å². The number of pyridine rings is 1. The van der Waals surface area contributed by atoms with E-state index in [1.807, 2.05) is 13.8 Å². The highest BCUT2D eigenvalue weighted by atomic mass is 16.5. The smallest absolute Gasteiger partial charge is 0.257 e. The summed E-state index contributed by atoms with van der Waals surface area (Å²) in [5.41, 5.74) is 1.11. The Morgan fingerprint density at radius 2 is 1.93 bits per heavy atom. The lowest BCUT2D eigenvalue weighted by Crippen LogP contribution is -2.14. The molecule has 1 N–H and O–H groups in total. The summed E-state index contributed by atoms with van der Waals surface area (Å²) in [5.74, 6) is 1.58. The van der Waals surface area contributed by atoms with E-state index in [0.717, 1.165) is 12.8 Å². The van der Waals surface area contributed by atoms with Gasteiger partial charge in [-0.1, -0.05) is 0 Å². The molecule has 1 heterocycles. The first-order valence-corrected chi connectivity index (χ1v) is 9.34. The Balaban J connectivity index is 1.69. The van der Waals surface area contributed by atoms with Crippen LogP contribution in [-0.2, 0) is 0 Å². The minimum Gasteiger partial charge on any atom is -0.493 e. The second-order valence-electron chi connectivity index (χ2n) is 6.90. The molecule has 0 saturated heterocycles. The molecule has 0 radical (unpaired) electrons. The zero-order chi connectivity index (χ0) is 19.2. The van der Waals surface area contributed by atoms with Gasteiger partial charge in [0.05, 0.1) is 24.9 Å². The monoisotopic (exact) mass is 370 g/mol. The maximum absolute atomic E-state index is 12.5. The first-order valence-electron chi connectivity index (χ1n) is 9.34. The number of nitrogens with zero attached hydrogens (tertiary/aromatic N) is 1. The van der Waals surface area contributed by atoms with Gasteiger partial charge in [0.25, 0.3) is 5.91 Å². The van der Waals surface area contributed by atoms with Crippen LogP contribution in [0.5, 0.6) is 17.4 Å². The van der Waals surface area contributed by atoms with E-state index >= 15 is 0 Å². The van der Waals surface area contributed by atoms with E-state index in [2.05, 4.69) is 10.3 Å². The highest BCUT2D eigenvalue weighted by Gasteiger charge is 2.19. The predicted octanol–water partition coefficient (Wildman–Crippen LogP) is 4.45. The van der Waals surface area contributed by atoms with Crippen LogP contribution < -0.4 is 19.5 Å². The molecule has 1 aliphatic carbocycles. The average Bonchev–Trinajstić information content (AvgIpc) is 3.15. The fraction of sp³-hybridized carbons (Fsp3) is 0.429. The highest BCUT2D eigenvalue weighted by Crippen LogP contribution is 2.34. The van der Waals surface area contributed by atoms with Crippen molar-refractivity contribution in [3.8, 4) is 17.4 Å². The maximum atomic E-state index is 12.5. The second kappa shape index (κ2) is 8.75. The van der Waals surface area contributed by atoms with Crippen molar-refractivity contribution in [2.24, 2.45) is 0 Å². The number of aromatic nitrogens is 1. The Hall–Kier alpha value is -2.76. The number of rotatable bonds is 7. The van der Waals surface area contributed by atoms with Crippen molar-refractivity contribution in [3.63, 3.8) is 0 Å². The van der Waals surface area contributed by atoms with Gasteiger partial charge in [-0.05, 0) is 57.7 Å². The maximum Gasteiger partial charge on any atom is 0.257 e. The molecular weight excluding hydrogens is 344 g/mol. The van der Waals surface area contributed by atoms with E-state index in [1.165, 1.54) is 19.0 Å². The van der Waals surface area contributed by atoms with Gasteiger partial charge < -0.3 is 19.5 Å². The van der Waals surface area contributed by atoms with Gasteiger partial charge in [0, 0.05) is 24.0 Å². The van der Waals surface area contributed by atoms with E-state index in [-0.39, 0.29) is 18.1 Å². The van der Waals surface area contributed by atoms with Crippen LogP contribution in [0.25, 0.3) is 0 Å². The van der Waals surface area contributed by atoms with E-state index < -0.39 is 0 Å². The SMILES string of the molecule is COc1ccc(NC(=O)c2ccc(OC(C)C)nc2)cc1OC1CCCC1. The predicted molar refractivity (Wildman–Crippen MR) is 104 cm³/mol. The third-order valence-corrected chi connectivity index (χ3v) is 4.37. The number of benzene rings is 1. The van der Waals surface area contributed by atoms with Gasteiger partial charge in [-0.15, -0.1) is 0 Å². The van der Waals surface area contributed by atoms with Gasteiger partial charge in [0.2, 0.25) is 5.88 Å². The molecule has 1 aromatic heterocycles. The lowest BCUT2D eigenvalue weighted by atomic mass is 10.2. The molecule has 27 heavy (non-hydrogen) atoms. The molecule has 2 aromatic rings. The standard InChI is InChI=1S/C21H26N2O4/c1-14(2)26-20-11-8-15(13-22-20)21(24)23-16-9-10-18(25-3)19(12-16)27-17-6-4-5-7-17/h8-14,17H,4-7H2,1-3H3,(H,23,24). The van der Waals surface area contributed by atoms with Gasteiger partial charge in [-0.2, -0.15) is 0 Å². The van der Waals surface area contributed by atoms with Crippen LogP contribution in [0.4, 0.5) is 5.69 Å². The van der Waals surface area contributed by atoms with Crippen molar-refractivity contribution in [2.45, 2.75) is 51.7 Å². The van der Waals surface area contributed by atoms with E-state index in [4.69, 9.17) is 14.2 Å². The first kappa shape index (κ1) is 19.0. The normalized spacial score (nSPS) is 14.2. The number of carbonyl (C=O) groups is 1. The molecule has 6 heteroatoms. The van der Waals surface area contributed by atoms with Gasteiger partial charge in [0.15, 0.2) is 11.5 Å². The van der Waals surface area contributed by atoms with Crippen LogP contribution in [0.3, 0.4) is 0 Å². The molecule has 0 atom stereocenters. The zero-order valence-corrected chi connectivity index (χ0v) is 16.0. The van der Waals surface area contributed by atoms with Crippen LogP contribution in [0, 0.1) is 0 Å². The van der Waals surface area contributed by atoms with Gasteiger partial charge in [0.1, 0.15) is 0 Å². The van der Waals surface area contributed by atoms with Crippen LogP contribution in [0.2, 0.25) is 0 Å². The highest BCUT2D eigenvalue weighted by molar-refractivity contribution is 6.04. The number of amides is 1. The third-order valence-electron chi connectivity index (χ3n) is 4.37. The first-order chi connectivity index (χ1) is 13.0. The van der Waals surface area contributed by atoms with Crippen molar-refractivity contribution in [3.05, 3.63) is 42.1 Å². The number of methoxy groups -OCH3 is 1. The largest absolute Gasteiger partial charge is 0.493 e. The lowest BCUT2D eigenvalue weighted by molar-refractivity contribution is 0.102. The average molecular weight is 370 g/mol. The van der Waals surface area contributed by atoms with Gasteiger partial charge in [-0.3, -0.25) is 4.79 Å². The molecular formula is C21H26N2O4. The number of hydrogen-bond acceptors (Lipinski definition) is 5.